The van der Waals surface area contributed by atoms with Gasteiger partial charge >= 0.3 is 0 Å². The Morgan fingerprint density at radius 3 is 2.62 bits per heavy atom. The molecule has 3 nitrogen and oxygen atoms in total. The van der Waals surface area contributed by atoms with E-state index in [0.717, 1.165) is 0 Å². The maximum atomic E-state index is 12.4. The van der Waals surface area contributed by atoms with Crippen molar-refractivity contribution in [3.05, 3.63) is 68.0 Å². The average molecular weight is 398 g/mol. The van der Waals surface area contributed by atoms with Crippen LogP contribution in [0.25, 0.3) is 6.08 Å². The first-order valence-corrected chi connectivity index (χ1v) is 8.86. The molecule has 0 radical (unpaired) electrons. The number of hydrogen-bond donors (Lipinski definition) is 0. The van der Waals surface area contributed by atoms with Gasteiger partial charge in [-0.3, -0.25) is 9.69 Å². The van der Waals surface area contributed by atoms with Crippen molar-refractivity contribution < 1.29 is 4.79 Å². The van der Waals surface area contributed by atoms with Gasteiger partial charge in [0, 0.05) is 12.1 Å². The summed E-state index contributed by atoms with van der Waals surface area (Å²) >= 11 is 19.4. The van der Waals surface area contributed by atoms with Gasteiger partial charge in [0.2, 0.25) is 0 Å². The van der Waals surface area contributed by atoms with Crippen LogP contribution in [-0.2, 0) is 4.79 Å². The molecule has 1 heterocycles. The second kappa shape index (κ2) is 7.19. The van der Waals surface area contributed by atoms with Crippen LogP contribution in [0.1, 0.15) is 5.56 Å². The van der Waals surface area contributed by atoms with Gasteiger partial charge in [-0.1, -0.05) is 53.0 Å². The summed E-state index contributed by atoms with van der Waals surface area (Å²) in [6, 6.07) is 12.4. The standard InChI is InChI=1S/C17H11Cl3N2OS/c1-22-16(23)14(8-10-4-2-7-13(19)15(10)20)24-17(22)21-12-6-3-5-11(18)9-12/h2-9H,1H3/b14-8+,21-17?. The molecule has 1 aliphatic heterocycles. The molecule has 2 aromatic rings. The fourth-order valence-corrected chi connectivity index (χ4v) is 3.61. The van der Waals surface area contributed by atoms with Crippen LogP contribution in [0.4, 0.5) is 5.69 Å². The predicted octanol–water partition coefficient (Wildman–Crippen LogP) is 5.88. The molecule has 0 unspecified atom stereocenters. The Balaban J connectivity index is 1.94. The van der Waals surface area contributed by atoms with E-state index in [4.69, 9.17) is 34.8 Å². The van der Waals surface area contributed by atoms with Crippen LogP contribution in [0.15, 0.2) is 52.4 Å². The minimum Gasteiger partial charge on any atom is -0.290 e. The van der Waals surface area contributed by atoms with E-state index in [1.165, 1.54) is 16.7 Å². The Kier molecular flexibility index (Phi) is 5.21. The lowest BCUT2D eigenvalue weighted by Crippen LogP contribution is -2.23. The first-order chi connectivity index (χ1) is 11.5. The number of aliphatic imine (C=N–C) groups is 1. The molecule has 0 aromatic heterocycles. The number of halogens is 3. The molecular weight excluding hydrogens is 387 g/mol. The zero-order chi connectivity index (χ0) is 17.3. The highest BCUT2D eigenvalue weighted by molar-refractivity contribution is 8.18. The number of carbonyl (C=O) groups excluding carboxylic acids is 1. The molecule has 3 rings (SSSR count). The van der Waals surface area contributed by atoms with Crippen molar-refractivity contribution in [1.29, 1.82) is 0 Å². The number of likely N-dealkylation sites (N-methyl/N-ethyl adjacent to an activating group) is 1. The lowest BCUT2D eigenvalue weighted by atomic mass is 10.2. The maximum absolute atomic E-state index is 12.4. The van der Waals surface area contributed by atoms with Crippen LogP contribution in [-0.4, -0.2) is 23.0 Å². The number of benzene rings is 2. The minimum atomic E-state index is -0.142. The van der Waals surface area contributed by atoms with Crippen molar-refractivity contribution in [2.45, 2.75) is 0 Å². The third-order valence-electron chi connectivity index (χ3n) is 3.30. The van der Waals surface area contributed by atoms with E-state index >= 15 is 0 Å². The molecule has 1 aliphatic rings. The van der Waals surface area contributed by atoms with Gasteiger partial charge in [-0.05, 0) is 47.7 Å². The number of carbonyl (C=O) groups is 1. The summed E-state index contributed by atoms with van der Waals surface area (Å²) in [6.45, 7) is 0. The molecule has 1 saturated heterocycles. The van der Waals surface area contributed by atoms with E-state index in [-0.39, 0.29) is 5.91 Å². The summed E-state index contributed by atoms with van der Waals surface area (Å²) < 4.78 is 0. The third kappa shape index (κ3) is 3.62. The van der Waals surface area contributed by atoms with E-state index in [0.29, 0.717) is 36.4 Å². The highest BCUT2D eigenvalue weighted by atomic mass is 35.5. The zero-order valence-electron chi connectivity index (χ0n) is 12.5. The Morgan fingerprint density at radius 2 is 1.88 bits per heavy atom. The third-order valence-corrected chi connectivity index (χ3v) is 5.43. The monoisotopic (exact) mass is 396 g/mol. The van der Waals surface area contributed by atoms with Gasteiger partial charge in [-0.2, -0.15) is 0 Å². The lowest BCUT2D eigenvalue weighted by Gasteiger charge is -2.07. The molecule has 7 heteroatoms. The Bertz CT molecular complexity index is 880. The fourth-order valence-electron chi connectivity index (χ4n) is 2.08. The number of thioether (sulfide) groups is 1. The largest absolute Gasteiger partial charge is 0.290 e. The smallest absolute Gasteiger partial charge is 0.266 e. The molecule has 0 bridgehead atoms. The van der Waals surface area contributed by atoms with Crippen molar-refractivity contribution >= 4 is 69.4 Å². The number of amidine groups is 1. The summed E-state index contributed by atoms with van der Waals surface area (Å²) in [4.78, 5) is 18.9. The van der Waals surface area contributed by atoms with Gasteiger partial charge in [-0.25, -0.2) is 4.99 Å². The molecule has 0 aliphatic carbocycles. The van der Waals surface area contributed by atoms with Crippen molar-refractivity contribution in [3.8, 4) is 0 Å². The summed E-state index contributed by atoms with van der Waals surface area (Å²) in [6.07, 6.45) is 1.72. The van der Waals surface area contributed by atoms with Crippen LogP contribution in [0, 0.1) is 0 Å². The Hall–Kier alpha value is -1.46. The molecule has 0 atom stereocenters. The highest BCUT2D eigenvalue weighted by Crippen LogP contribution is 2.35. The summed E-state index contributed by atoms with van der Waals surface area (Å²) in [5.41, 5.74) is 1.38. The van der Waals surface area contributed by atoms with Crippen molar-refractivity contribution in [2.24, 2.45) is 4.99 Å². The first-order valence-electron chi connectivity index (χ1n) is 6.91. The summed E-state index contributed by atoms with van der Waals surface area (Å²) in [5.74, 6) is -0.142. The SMILES string of the molecule is CN1C(=O)/C(=C\c2cccc(Cl)c2Cl)SC1=Nc1cccc(Cl)c1. The number of rotatable bonds is 2. The minimum absolute atomic E-state index is 0.142. The van der Waals surface area contributed by atoms with E-state index in [9.17, 15) is 4.79 Å². The van der Waals surface area contributed by atoms with E-state index in [1.807, 2.05) is 12.1 Å². The Morgan fingerprint density at radius 1 is 1.12 bits per heavy atom. The van der Waals surface area contributed by atoms with Gasteiger partial charge in [0.1, 0.15) is 0 Å². The van der Waals surface area contributed by atoms with E-state index in [1.54, 1.807) is 43.5 Å². The normalized spacial score (nSPS) is 18.0. The van der Waals surface area contributed by atoms with Crippen LogP contribution in [0.3, 0.4) is 0 Å². The van der Waals surface area contributed by atoms with E-state index in [2.05, 4.69) is 4.99 Å². The summed E-state index contributed by atoms with van der Waals surface area (Å²) in [7, 11) is 1.68. The highest BCUT2D eigenvalue weighted by Gasteiger charge is 2.30. The first kappa shape index (κ1) is 17.4. The quantitative estimate of drug-likeness (QED) is 0.593. The summed E-state index contributed by atoms with van der Waals surface area (Å²) in [5, 5.41) is 2.03. The van der Waals surface area contributed by atoms with Gasteiger partial charge in [0.25, 0.3) is 5.91 Å². The van der Waals surface area contributed by atoms with E-state index < -0.39 is 0 Å². The second-order valence-corrected chi connectivity index (χ2v) is 7.22. The number of amides is 1. The number of nitrogens with zero attached hydrogens (tertiary/aromatic N) is 2. The van der Waals surface area contributed by atoms with Crippen LogP contribution in [0.2, 0.25) is 15.1 Å². The zero-order valence-corrected chi connectivity index (χ0v) is 15.5. The molecule has 0 spiro atoms. The molecule has 2 aromatic carbocycles. The molecule has 0 saturated carbocycles. The van der Waals surface area contributed by atoms with Crippen LogP contribution < -0.4 is 0 Å². The fraction of sp³-hybridized carbons (Fsp3) is 0.0588. The maximum Gasteiger partial charge on any atom is 0.266 e. The van der Waals surface area contributed by atoms with Crippen molar-refractivity contribution in [2.75, 3.05) is 7.05 Å². The lowest BCUT2D eigenvalue weighted by molar-refractivity contribution is -0.121. The van der Waals surface area contributed by atoms with Crippen molar-refractivity contribution in [1.82, 2.24) is 4.90 Å². The topological polar surface area (TPSA) is 32.7 Å². The van der Waals surface area contributed by atoms with Crippen LogP contribution in [0.5, 0.6) is 0 Å². The van der Waals surface area contributed by atoms with Gasteiger partial charge in [0.05, 0.1) is 20.6 Å². The van der Waals surface area contributed by atoms with Crippen LogP contribution >= 0.6 is 46.6 Å². The van der Waals surface area contributed by atoms with Gasteiger partial charge in [-0.15, -0.1) is 0 Å². The number of hydrogen-bond acceptors (Lipinski definition) is 3. The van der Waals surface area contributed by atoms with Gasteiger partial charge in [0.15, 0.2) is 5.17 Å². The second-order valence-electron chi connectivity index (χ2n) is 4.99. The van der Waals surface area contributed by atoms with Gasteiger partial charge < -0.3 is 0 Å². The average Bonchev–Trinajstić information content (AvgIpc) is 2.80. The molecule has 1 amide bonds. The van der Waals surface area contributed by atoms with Crippen molar-refractivity contribution in [3.63, 3.8) is 0 Å². The molecular formula is C17H11Cl3N2OS. The Labute approximate surface area is 158 Å². The molecule has 122 valence electrons. The molecule has 0 N–H and O–H groups in total. The molecule has 24 heavy (non-hydrogen) atoms. The molecule has 1 fully saturated rings. The predicted molar refractivity (Wildman–Crippen MR) is 103 cm³/mol.